The van der Waals surface area contributed by atoms with Gasteiger partial charge in [-0.15, -0.1) is 0 Å². The molecule has 1 aromatic rings. The van der Waals surface area contributed by atoms with Crippen LogP contribution in [0.5, 0.6) is 5.75 Å². The predicted molar refractivity (Wildman–Crippen MR) is 55.7 cm³/mol. The summed E-state index contributed by atoms with van der Waals surface area (Å²) in [6.07, 6.45) is 0. The van der Waals surface area contributed by atoms with E-state index in [1.165, 1.54) is 12.1 Å². The summed E-state index contributed by atoms with van der Waals surface area (Å²) < 4.78 is 22.5. The largest absolute Gasteiger partial charge is 0.508 e. The van der Waals surface area contributed by atoms with Crippen LogP contribution in [0.15, 0.2) is 18.2 Å². The lowest BCUT2D eigenvalue weighted by molar-refractivity contribution is 0.470. The maximum Gasteiger partial charge on any atom is 0.154 e. The second-order valence-electron chi connectivity index (χ2n) is 3.06. The fraction of sp³-hybridized carbons (Fsp3) is 0.333. The van der Waals surface area contributed by atoms with Gasteiger partial charge in [0.15, 0.2) is 9.84 Å². The predicted octanol–water partition coefficient (Wildman–Crippen LogP) is 0.909. The van der Waals surface area contributed by atoms with Crippen LogP contribution >= 0.6 is 0 Å². The first-order chi connectivity index (χ1) is 6.44. The molecule has 3 N–H and O–H groups in total. The van der Waals surface area contributed by atoms with Crippen molar-refractivity contribution in [1.29, 1.82) is 0 Å². The van der Waals surface area contributed by atoms with Gasteiger partial charge in [-0.3, -0.25) is 0 Å². The maximum absolute atomic E-state index is 11.3. The first kappa shape index (κ1) is 10.8. The van der Waals surface area contributed by atoms with Crippen molar-refractivity contribution in [2.45, 2.75) is 12.7 Å². The molecule has 0 bridgehead atoms. The van der Waals surface area contributed by atoms with Crippen LogP contribution in [0.2, 0.25) is 0 Å². The Morgan fingerprint density at radius 2 is 2.07 bits per heavy atom. The van der Waals surface area contributed by atoms with Crippen molar-refractivity contribution in [3.05, 3.63) is 23.8 Å². The van der Waals surface area contributed by atoms with E-state index in [9.17, 15) is 13.5 Å². The average Bonchev–Trinajstić information content (AvgIpc) is 2.10. The van der Waals surface area contributed by atoms with Crippen LogP contribution in [0, 0.1) is 0 Å². The van der Waals surface area contributed by atoms with Gasteiger partial charge in [0.2, 0.25) is 0 Å². The number of rotatable bonds is 3. The van der Waals surface area contributed by atoms with Crippen molar-refractivity contribution in [2.75, 3.05) is 11.5 Å². The Kier molecular flexibility index (Phi) is 3.00. The molecule has 4 nitrogen and oxygen atoms in total. The number of hydrogen-bond acceptors (Lipinski definition) is 4. The Hall–Kier alpha value is -1.23. The Bertz CT molecular complexity index is 426. The molecule has 0 aromatic heterocycles. The molecule has 0 aliphatic heterocycles. The lowest BCUT2D eigenvalue weighted by atomic mass is 10.2. The first-order valence-electron chi connectivity index (χ1n) is 4.22. The number of benzene rings is 1. The van der Waals surface area contributed by atoms with Crippen LogP contribution in [0.1, 0.15) is 12.5 Å². The summed E-state index contributed by atoms with van der Waals surface area (Å²) in [5.74, 6) is -0.145. The number of nitrogen functional groups attached to an aromatic ring is 1. The van der Waals surface area contributed by atoms with E-state index in [1.807, 2.05) is 0 Å². The zero-order chi connectivity index (χ0) is 10.8. The topological polar surface area (TPSA) is 80.4 Å². The molecule has 0 spiro atoms. The van der Waals surface area contributed by atoms with Gasteiger partial charge in [0, 0.05) is 23.1 Å². The summed E-state index contributed by atoms with van der Waals surface area (Å²) in [6.45, 7) is 1.57. The lowest BCUT2D eigenvalue weighted by Gasteiger charge is -2.05. The Balaban J connectivity index is 2.99. The van der Waals surface area contributed by atoms with Gasteiger partial charge in [0.1, 0.15) is 5.75 Å². The van der Waals surface area contributed by atoms with Crippen LogP contribution in [0.3, 0.4) is 0 Å². The SMILES string of the molecule is CCS(=O)(=O)Cc1ccc(N)cc1O. The minimum atomic E-state index is -3.11. The third-order valence-electron chi connectivity index (χ3n) is 1.92. The number of nitrogens with two attached hydrogens (primary N) is 1. The van der Waals surface area contributed by atoms with Crippen LogP contribution in [-0.4, -0.2) is 19.3 Å². The number of anilines is 1. The number of phenols is 1. The van der Waals surface area contributed by atoms with Crippen molar-refractivity contribution in [2.24, 2.45) is 0 Å². The number of aromatic hydroxyl groups is 1. The quantitative estimate of drug-likeness (QED) is 0.734. The van der Waals surface area contributed by atoms with E-state index in [-0.39, 0.29) is 17.3 Å². The smallest absolute Gasteiger partial charge is 0.154 e. The molecule has 0 atom stereocenters. The van der Waals surface area contributed by atoms with Crippen molar-refractivity contribution in [1.82, 2.24) is 0 Å². The summed E-state index contributed by atoms with van der Waals surface area (Å²) in [5, 5.41) is 9.41. The second-order valence-corrected chi connectivity index (χ2v) is 5.42. The molecule has 0 saturated carbocycles. The third kappa shape index (κ3) is 2.63. The van der Waals surface area contributed by atoms with Crippen molar-refractivity contribution >= 4 is 15.5 Å². The van der Waals surface area contributed by atoms with Crippen LogP contribution in [-0.2, 0) is 15.6 Å². The van der Waals surface area contributed by atoms with Crippen LogP contribution in [0.25, 0.3) is 0 Å². The molecule has 14 heavy (non-hydrogen) atoms. The first-order valence-corrected chi connectivity index (χ1v) is 6.04. The van der Waals surface area contributed by atoms with Gasteiger partial charge in [-0.1, -0.05) is 13.0 Å². The van der Waals surface area contributed by atoms with E-state index in [2.05, 4.69) is 0 Å². The molecule has 0 aliphatic carbocycles. The fourth-order valence-electron chi connectivity index (χ4n) is 1.04. The fourth-order valence-corrected chi connectivity index (χ4v) is 1.96. The summed E-state index contributed by atoms with van der Waals surface area (Å²) in [6, 6.07) is 4.44. The van der Waals surface area contributed by atoms with E-state index in [4.69, 9.17) is 5.73 Å². The summed E-state index contributed by atoms with van der Waals surface area (Å²) >= 11 is 0. The van der Waals surface area contributed by atoms with Gasteiger partial charge in [0.25, 0.3) is 0 Å². The van der Waals surface area contributed by atoms with Crippen LogP contribution in [0.4, 0.5) is 5.69 Å². The van der Waals surface area contributed by atoms with Gasteiger partial charge < -0.3 is 10.8 Å². The molecule has 5 heteroatoms. The number of phenolic OH excluding ortho intramolecular Hbond substituents is 1. The maximum atomic E-state index is 11.3. The summed E-state index contributed by atoms with van der Waals surface area (Å²) in [5.41, 5.74) is 6.22. The molecule has 0 radical (unpaired) electrons. The van der Waals surface area contributed by atoms with E-state index in [0.29, 0.717) is 11.3 Å². The molecule has 0 heterocycles. The summed E-state index contributed by atoms with van der Waals surface area (Å²) in [7, 11) is -3.11. The van der Waals surface area contributed by atoms with E-state index in [0.717, 1.165) is 0 Å². The minimum absolute atomic E-state index is 0.0663. The molecular formula is C9H13NO3S. The van der Waals surface area contributed by atoms with Crippen LogP contribution < -0.4 is 5.73 Å². The van der Waals surface area contributed by atoms with Gasteiger partial charge in [-0.2, -0.15) is 0 Å². The molecule has 1 aromatic carbocycles. The molecule has 0 unspecified atom stereocenters. The Labute approximate surface area is 83.3 Å². The van der Waals surface area contributed by atoms with Gasteiger partial charge >= 0.3 is 0 Å². The second kappa shape index (κ2) is 3.88. The highest BCUT2D eigenvalue weighted by Crippen LogP contribution is 2.22. The number of hydrogen-bond donors (Lipinski definition) is 2. The summed E-state index contributed by atoms with van der Waals surface area (Å²) in [4.78, 5) is 0. The molecular weight excluding hydrogens is 202 g/mol. The molecule has 0 aliphatic rings. The van der Waals surface area contributed by atoms with E-state index < -0.39 is 9.84 Å². The molecule has 0 saturated heterocycles. The zero-order valence-electron chi connectivity index (χ0n) is 7.90. The Morgan fingerprint density at radius 3 is 2.57 bits per heavy atom. The monoisotopic (exact) mass is 215 g/mol. The molecule has 0 amide bonds. The van der Waals surface area contributed by atoms with E-state index in [1.54, 1.807) is 13.0 Å². The van der Waals surface area contributed by atoms with Gasteiger partial charge in [-0.05, 0) is 6.07 Å². The van der Waals surface area contributed by atoms with E-state index >= 15 is 0 Å². The Morgan fingerprint density at radius 1 is 1.43 bits per heavy atom. The van der Waals surface area contributed by atoms with Gasteiger partial charge in [-0.25, -0.2) is 8.42 Å². The molecule has 78 valence electrons. The lowest BCUT2D eigenvalue weighted by Crippen LogP contribution is -2.06. The number of sulfone groups is 1. The molecule has 0 fully saturated rings. The third-order valence-corrected chi connectivity index (χ3v) is 3.56. The van der Waals surface area contributed by atoms with Crippen molar-refractivity contribution in [3.8, 4) is 5.75 Å². The molecule has 1 rings (SSSR count). The zero-order valence-corrected chi connectivity index (χ0v) is 8.71. The van der Waals surface area contributed by atoms with Crippen molar-refractivity contribution < 1.29 is 13.5 Å². The van der Waals surface area contributed by atoms with Crippen molar-refractivity contribution in [3.63, 3.8) is 0 Å². The highest BCUT2D eigenvalue weighted by atomic mass is 32.2. The average molecular weight is 215 g/mol. The minimum Gasteiger partial charge on any atom is -0.508 e. The highest BCUT2D eigenvalue weighted by Gasteiger charge is 2.11. The standard InChI is InChI=1S/C9H13NO3S/c1-2-14(12,13)6-7-3-4-8(10)5-9(7)11/h3-5,11H,2,6,10H2,1H3. The van der Waals surface area contributed by atoms with Gasteiger partial charge in [0.05, 0.1) is 5.75 Å². The normalized spacial score (nSPS) is 11.5. The highest BCUT2D eigenvalue weighted by molar-refractivity contribution is 7.90.